The van der Waals surface area contributed by atoms with Crippen LogP contribution in [0.2, 0.25) is 5.02 Å². The van der Waals surface area contributed by atoms with E-state index in [1.807, 2.05) is 6.92 Å². The van der Waals surface area contributed by atoms with Crippen molar-refractivity contribution in [1.82, 2.24) is 4.98 Å². The van der Waals surface area contributed by atoms with Crippen molar-refractivity contribution in [3.63, 3.8) is 0 Å². The summed E-state index contributed by atoms with van der Waals surface area (Å²) in [6.07, 6.45) is 0. The van der Waals surface area contributed by atoms with Crippen LogP contribution in [0.25, 0.3) is 0 Å². The van der Waals surface area contributed by atoms with E-state index in [1.54, 1.807) is 32.0 Å². The van der Waals surface area contributed by atoms with Crippen molar-refractivity contribution in [1.29, 1.82) is 0 Å². The van der Waals surface area contributed by atoms with E-state index in [0.717, 1.165) is 5.56 Å². The molecule has 0 aliphatic rings. The molecule has 0 saturated heterocycles. The van der Waals surface area contributed by atoms with Gasteiger partial charge in [-0.1, -0.05) is 29.3 Å². The fourth-order valence-corrected chi connectivity index (χ4v) is 6.52. The van der Waals surface area contributed by atoms with Crippen LogP contribution in [0, 0.1) is 20.8 Å². The molecule has 5 nitrogen and oxygen atoms in total. The van der Waals surface area contributed by atoms with Crippen molar-refractivity contribution in [2.24, 2.45) is 0 Å². The molecule has 1 heterocycles. The molecule has 0 spiro atoms. The van der Waals surface area contributed by atoms with Gasteiger partial charge in [-0.15, -0.1) is 0 Å². The van der Waals surface area contributed by atoms with Crippen LogP contribution < -0.4 is 0 Å². The van der Waals surface area contributed by atoms with Gasteiger partial charge in [0.15, 0.2) is 5.03 Å². The third-order valence-electron chi connectivity index (χ3n) is 4.23. The molecule has 0 fully saturated rings. The minimum absolute atomic E-state index is 0.0133. The molecular weight excluding hydrogens is 418 g/mol. The van der Waals surface area contributed by atoms with Crippen LogP contribution in [-0.4, -0.2) is 21.8 Å². The monoisotopic (exact) mass is 435 g/mol. The van der Waals surface area contributed by atoms with Crippen molar-refractivity contribution >= 4 is 31.3 Å². The van der Waals surface area contributed by atoms with Crippen LogP contribution in [0.5, 0.6) is 0 Å². The Hall–Kier alpha value is -2.22. The molecule has 0 radical (unpaired) electrons. The summed E-state index contributed by atoms with van der Waals surface area (Å²) in [6.45, 7) is 5.03. The van der Waals surface area contributed by atoms with Gasteiger partial charge in [-0.25, -0.2) is 21.8 Å². The predicted molar refractivity (Wildman–Crippen MR) is 107 cm³/mol. The molecule has 0 aliphatic heterocycles. The highest BCUT2D eigenvalue weighted by Gasteiger charge is 2.32. The molecule has 0 atom stereocenters. The number of halogens is 1. The van der Waals surface area contributed by atoms with Gasteiger partial charge in [-0.05, 0) is 68.8 Å². The first-order chi connectivity index (χ1) is 13.0. The molecule has 3 aromatic rings. The number of benzene rings is 2. The van der Waals surface area contributed by atoms with Crippen LogP contribution in [-0.2, 0) is 19.7 Å². The summed E-state index contributed by atoms with van der Waals surface area (Å²) in [7, 11) is -8.28. The lowest BCUT2D eigenvalue weighted by Gasteiger charge is -2.14. The first kappa shape index (κ1) is 20.5. The van der Waals surface area contributed by atoms with Gasteiger partial charge < -0.3 is 0 Å². The Kier molecular flexibility index (Phi) is 5.36. The van der Waals surface area contributed by atoms with E-state index in [1.165, 1.54) is 36.4 Å². The van der Waals surface area contributed by atoms with E-state index in [4.69, 9.17) is 11.6 Å². The lowest BCUT2D eigenvalue weighted by atomic mass is 10.2. The summed E-state index contributed by atoms with van der Waals surface area (Å²) in [4.78, 5) is 3.74. The molecule has 28 heavy (non-hydrogen) atoms. The highest BCUT2D eigenvalue weighted by atomic mass is 35.5. The van der Waals surface area contributed by atoms with Gasteiger partial charge >= 0.3 is 0 Å². The number of pyridine rings is 1. The lowest BCUT2D eigenvalue weighted by molar-refractivity contribution is 0.576. The van der Waals surface area contributed by atoms with Gasteiger partial charge in [-0.2, -0.15) is 0 Å². The molecule has 0 aliphatic carbocycles. The fraction of sp³-hybridized carbons (Fsp3) is 0.150. The van der Waals surface area contributed by atoms with E-state index in [0.29, 0.717) is 16.3 Å². The van der Waals surface area contributed by atoms with Gasteiger partial charge in [-0.3, -0.25) is 0 Å². The SMILES string of the molecule is Cc1ccc(S(=O)(=O)c2c(C)cc(C)nc2S(=O)(=O)c2ccc(Cl)cc2)cc1. The molecule has 0 saturated carbocycles. The predicted octanol–water partition coefficient (Wildman–Crippen LogP) is 4.33. The van der Waals surface area contributed by atoms with Crippen LogP contribution in [0.3, 0.4) is 0 Å². The van der Waals surface area contributed by atoms with Crippen LogP contribution in [0.1, 0.15) is 16.8 Å². The average Bonchev–Trinajstić information content (AvgIpc) is 2.61. The molecule has 3 rings (SSSR count). The zero-order chi connectivity index (χ0) is 20.7. The van der Waals surface area contributed by atoms with Crippen molar-refractivity contribution in [3.8, 4) is 0 Å². The summed E-state index contributed by atoms with van der Waals surface area (Å²) < 4.78 is 53.1. The third kappa shape index (κ3) is 3.70. The quantitative estimate of drug-likeness (QED) is 0.609. The highest BCUT2D eigenvalue weighted by Crippen LogP contribution is 2.33. The van der Waals surface area contributed by atoms with E-state index in [9.17, 15) is 16.8 Å². The molecule has 8 heteroatoms. The molecule has 0 bridgehead atoms. The minimum Gasteiger partial charge on any atom is -0.240 e. The first-order valence-corrected chi connectivity index (χ1v) is 11.7. The topological polar surface area (TPSA) is 81.2 Å². The third-order valence-corrected chi connectivity index (χ3v) is 8.26. The van der Waals surface area contributed by atoms with Crippen molar-refractivity contribution in [2.75, 3.05) is 0 Å². The molecule has 0 unspecified atom stereocenters. The number of hydrogen-bond acceptors (Lipinski definition) is 5. The Morgan fingerprint density at radius 1 is 0.750 bits per heavy atom. The van der Waals surface area contributed by atoms with E-state index >= 15 is 0 Å². The fourth-order valence-electron chi connectivity index (χ4n) is 2.86. The van der Waals surface area contributed by atoms with Gasteiger partial charge in [0.25, 0.3) is 0 Å². The Morgan fingerprint density at radius 3 is 1.82 bits per heavy atom. The van der Waals surface area contributed by atoms with E-state index in [-0.39, 0.29) is 14.7 Å². The smallest absolute Gasteiger partial charge is 0.225 e. The standard InChI is InChI=1S/C20H18ClNO4S2/c1-13-4-8-17(9-5-13)27(23,24)19-14(2)12-15(3)22-20(19)28(25,26)18-10-6-16(21)7-11-18/h4-12H,1-3H3. The molecule has 1 aromatic heterocycles. The maximum absolute atomic E-state index is 13.3. The second-order valence-electron chi connectivity index (χ2n) is 6.49. The van der Waals surface area contributed by atoms with E-state index < -0.39 is 24.7 Å². The van der Waals surface area contributed by atoms with E-state index in [2.05, 4.69) is 4.98 Å². The Morgan fingerprint density at radius 2 is 1.25 bits per heavy atom. The van der Waals surface area contributed by atoms with Crippen molar-refractivity contribution in [2.45, 2.75) is 40.5 Å². The summed E-state index contributed by atoms with van der Waals surface area (Å²) in [5, 5.41) is -0.104. The molecule has 146 valence electrons. The van der Waals surface area contributed by atoms with Crippen molar-refractivity contribution < 1.29 is 16.8 Å². The zero-order valence-electron chi connectivity index (χ0n) is 15.5. The average molecular weight is 436 g/mol. The van der Waals surface area contributed by atoms with Crippen molar-refractivity contribution in [3.05, 3.63) is 76.4 Å². The molecule has 0 amide bonds. The minimum atomic E-state index is -4.18. The largest absolute Gasteiger partial charge is 0.240 e. The first-order valence-electron chi connectivity index (χ1n) is 8.34. The second kappa shape index (κ2) is 7.31. The molecular formula is C20H18ClNO4S2. The van der Waals surface area contributed by atoms with Gasteiger partial charge in [0.2, 0.25) is 19.7 Å². The van der Waals surface area contributed by atoms with Gasteiger partial charge in [0, 0.05) is 10.7 Å². The van der Waals surface area contributed by atoms with Crippen LogP contribution in [0.15, 0.2) is 74.3 Å². The highest BCUT2D eigenvalue weighted by molar-refractivity contribution is 7.94. The number of nitrogens with zero attached hydrogens (tertiary/aromatic N) is 1. The number of sulfone groups is 2. The number of hydrogen-bond donors (Lipinski definition) is 0. The Bertz CT molecular complexity index is 1250. The lowest BCUT2D eigenvalue weighted by Crippen LogP contribution is -2.15. The molecule has 2 aromatic carbocycles. The second-order valence-corrected chi connectivity index (χ2v) is 10.7. The number of aryl methyl sites for hydroxylation is 3. The zero-order valence-corrected chi connectivity index (χ0v) is 17.9. The summed E-state index contributed by atoms with van der Waals surface area (Å²) in [5.41, 5.74) is 1.63. The summed E-state index contributed by atoms with van der Waals surface area (Å²) in [6, 6.07) is 13.3. The normalized spacial score (nSPS) is 12.1. The summed E-state index contributed by atoms with van der Waals surface area (Å²) >= 11 is 5.85. The van der Waals surface area contributed by atoms with Gasteiger partial charge in [0.05, 0.1) is 9.79 Å². The number of rotatable bonds is 4. The Balaban J connectivity index is 2.32. The Labute approximate surface area is 169 Å². The van der Waals surface area contributed by atoms with Crippen LogP contribution >= 0.6 is 11.6 Å². The molecule has 0 N–H and O–H groups in total. The van der Waals surface area contributed by atoms with Crippen LogP contribution in [0.4, 0.5) is 0 Å². The maximum atomic E-state index is 13.3. The van der Waals surface area contributed by atoms with Gasteiger partial charge in [0.1, 0.15) is 4.90 Å². The maximum Gasteiger partial charge on any atom is 0.225 e. The number of aromatic nitrogens is 1. The summed E-state index contributed by atoms with van der Waals surface area (Å²) in [5.74, 6) is 0.